The molecule has 0 bridgehead atoms. The van der Waals surface area contributed by atoms with Crippen LogP contribution >= 0.6 is 0 Å². The van der Waals surface area contributed by atoms with Gasteiger partial charge in [-0.2, -0.15) is 0 Å². The molecule has 0 aromatic heterocycles. The van der Waals surface area contributed by atoms with E-state index >= 15 is 0 Å². The lowest BCUT2D eigenvalue weighted by atomic mass is 10.2. The number of methoxy groups -OCH3 is 1. The van der Waals surface area contributed by atoms with Crippen molar-refractivity contribution < 1.29 is 19.1 Å². The molecule has 0 unspecified atom stereocenters. The van der Waals surface area contributed by atoms with Crippen LogP contribution in [0, 0.1) is 0 Å². The minimum Gasteiger partial charge on any atom is -0.497 e. The van der Waals surface area contributed by atoms with Gasteiger partial charge in [-0.3, -0.25) is 9.59 Å². The van der Waals surface area contributed by atoms with Crippen molar-refractivity contribution in [3.05, 3.63) is 24.3 Å². The first-order valence-electron chi connectivity index (χ1n) is 8.92. The van der Waals surface area contributed by atoms with Gasteiger partial charge in [0.2, 0.25) is 11.8 Å². The van der Waals surface area contributed by atoms with Gasteiger partial charge in [-0.15, -0.1) is 0 Å². The highest BCUT2D eigenvalue weighted by molar-refractivity contribution is 5.84. The zero-order valence-corrected chi connectivity index (χ0v) is 15.5. The van der Waals surface area contributed by atoms with E-state index in [-0.39, 0.29) is 18.4 Å². The number of ether oxygens (including phenoxy) is 2. The molecule has 0 heterocycles. The lowest BCUT2D eigenvalue weighted by Crippen LogP contribution is -2.41. The summed E-state index contributed by atoms with van der Waals surface area (Å²) in [6.07, 6.45) is 2.70. The minimum absolute atomic E-state index is 0.00757. The molecule has 1 N–H and O–H groups in total. The molecule has 0 saturated heterocycles. The summed E-state index contributed by atoms with van der Waals surface area (Å²) in [5.41, 5.74) is 0. The molecule has 2 amide bonds. The number of carbonyl (C=O) groups excluding carboxylic acids is 2. The van der Waals surface area contributed by atoms with Gasteiger partial charge in [0.05, 0.1) is 20.3 Å². The molecule has 1 aromatic carbocycles. The monoisotopic (exact) mass is 350 g/mol. The van der Waals surface area contributed by atoms with E-state index in [0.29, 0.717) is 32.5 Å². The zero-order chi connectivity index (χ0) is 18.5. The van der Waals surface area contributed by atoms with Crippen LogP contribution in [0.4, 0.5) is 0 Å². The fourth-order valence-electron chi connectivity index (χ4n) is 2.30. The third kappa shape index (κ3) is 8.42. The first-order valence-corrected chi connectivity index (χ1v) is 8.92. The average Bonchev–Trinajstić information content (AvgIpc) is 2.63. The molecule has 0 aliphatic carbocycles. The van der Waals surface area contributed by atoms with Crippen LogP contribution in [0.5, 0.6) is 11.5 Å². The van der Waals surface area contributed by atoms with E-state index < -0.39 is 0 Å². The molecule has 0 radical (unpaired) electrons. The topological polar surface area (TPSA) is 67.9 Å². The highest BCUT2D eigenvalue weighted by atomic mass is 16.5. The van der Waals surface area contributed by atoms with Crippen molar-refractivity contribution >= 4 is 11.8 Å². The molecule has 1 aromatic rings. The number of hydrogen-bond donors (Lipinski definition) is 1. The predicted octanol–water partition coefficient (Wildman–Crippen LogP) is 2.62. The Hall–Kier alpha value is -2.24. The molecule has 140 valence electrons. The number of benzene rings is 1. The summed E-state index contributed by atoms with van der Waals surface area (Å²) >= 11 is 0. The molecule has 0 fully saturated rings. The Morgan fingerprint density at radius 1 is 1.08 bits per heavy atom. The Morgan fingerprint density at radius 2 is 1.76 bits per heavy atom. The van der Waals surface area contributed by atoms with Crippen molar-refractivity contribution in [2.75, 3.05) is 33.4 Å². The van der Waals surface area contributed by atoms with Crippen molar-refractivity contribution in [2.45, 2.75) is 39.5 Å². The van der Waals surface area contributed by atoms with Gasteiger partial charge in [-0.05, 0) is 43.5 Å². The fourth-order valence-corrected chi connectivity index (χ4v) is 2.30. The second-order valence-electron chi connectivity index (χ2n) is 5.79. The summed E-state index contributed by atoms with van der Waals surface area (Å²) in [5, 5.41) is 2.81. The third-order valence-corrected chi connectivity index (χ3v) is 3.62. The van der Waals surface area contributed by atoms with Crippen LogP contribution in [0.1, 0.15) is 39.5 Å². The smallest absolute Gasteiger partial charge is 0.239 e. The maximum absolute atomic E-state index is 12.3. The van der Waals surface area contributed by atoms with Gasteiger partial charge in [-0.25, -0.2) is 0 Å². The van der Waals surface area contributed by atoms with E-state index in [9.17, 15) is 9.59 Å². The molecule has 0 atom stereocenters. The van der Waals surface area contributed by atoms with Crippen LogP contribution in [0.25, 0.3) is 0 Å². The van der Waals surface area contributed by atoms with Crippen molar-refractivity contribution in [3.8, 4) is 11.5 Å². The van der Waals surface area contributed by atoms with E-state index in [4.69, 9.17) is 9.47 Å². The lowest BCUT2D eigenvalue weighted by molar-refractivity contribution is -0.136. The number of nitrogens with one attached hydrogen (secondary N) is 1. The minimum atomic E-state index is -0.0990. The number of nitrogens with zero attached hydrogens (tertiary/aromatic N) is 1. The molecular weight excluding hydrogens is 320 g/mol. The molecule has 6 heteroatoms. The number of carbonyl (C=O) groups is 2. The Morgan fingerprint density at radius 3 is 2.36 bits per heavy atom. The van der Waals surface area contributed by atoms with Gasteiger partial charge in [0, 0.05) is 19.5 Å². The van der Waals surface area contributed by atoms with Crippen LogP contribution < -0.4 is 14.8 Å². The highest BCUT2D eigenvalue weighted by Crippen LogP contribution is 2.17. The standard InChI is InChI=1S/C19H30N2O4/c1-4-12-20-18(22)15-21(13-5-2)19(23)7-6-14-25-17-10-8-16(24-3)9-11-17/h8-11H,4-7,12-15H2,1-3H3,(H,20,22). The first kappa shape index (κ1) is 20.8. The van der Waals surface area contributed by atoms with Gasteiger partial charge in [0.25, 0.3) is 0 Å². The molecule has 0 spiro atoms. The molecule has 0 aliphatic rings. The van der Waals surface area contributed by atoms with Crippen LogP contribution in [-0.2, 0) is 9.59 Å². The quantitative estimate of drug-likeness (QED) is 0.589. The summed E-state index contributed by atoms with van der Waals surface area (Å²) in [5.74, 6) is 1.42. The van der Waals surface area contributed by atoms with E-state index in [1.54, 1.807) is 12.0 Å². The average molecular weight is 350 g/mol. The Labute approximate surface area is 150 Å². The maximum Gasteiger partial charge on any atom is 0.239 e. The summed E-state index contributed by atoms with van der Waals surface area (Å²) in [6.45, 7) is 5.82. The summed E-state index contributed by atoms with van der Waals surface area (Å²) < 4.78 is 10.7. The van der Waals surface area contributed by atoms with Crippen LogP contribution in [0.2, 0.25) is 0 Å². The fraction of sp³-hybridized carbons (Fsp3) is 0.579. The van der Waals surface area contributed by atoms with E-state index in [1.807, 2.05) is 38.1 Å². The lowest BCUT2D eigenvalue weighted by Gasteiger charge is -2.21. The second kappa shape index (κ2) is 12.2. The summed E-state index contributed by atoms with van der Waals surface area (Å²) in [6, 6.07) is 7.33. The van der Waals surface area contributed by atoms with Gasteiger partial charge < -0.3 is 19.7 Å². The van der Waals surface area contributed by atoms with Gasteiger partial charge in [-0.1, -0.05) is 13.8 Å². The number of hydrogen-bond acceptors (Lipinski definition) is 4. The molecule has 1 rings (SSSR count). The first-order chi connectivity index (χ1) is 12.1. The van der Waals surface area contributed by atoms with Gasteiger partial charge in [0.15, 0.2) is 0 Å². The van der Waals surface area contributed by atoms with Crippen molar-refractivity contribution in [1.82, 2.24) is 10.2 Å². The Bertz CT molecular complexity index is 517. The SMILES string of the molecule is CCCNC(=O)CN(CCC)C(=O)CCCOc1ccc(OC)cc1. The highest BCUT2D eigenvalue weighted by Gasteiger charge is 2.15. The van der Waals surface area contributed by atoms with Crippen molar-refractivity contribution in [1.29, 1.82) is 0 Å². The van der Waals surface area contributed by atoms with Gasteiger partial charge >= 0.3 is 0 Å². The number of amides is 2. The van der Waals surface area contributed by atoms with Gasteiger partial charge in [0.1, 0.15) is 11.5 Å². The van der Waals surface area contributed by atoms with Crippen molar-refractivity contribution in [3.63, 3.8) is 0 Å². The largest absolute Gasteiger partial charge is 0.497 e. The predicted molar refractivity (Wildman–Crippen MR) is 97.9 cm³/mol. The summed E-state index contributed by atoms with van der Waals surface area (Å²) in [7, 11) is 1.62. The molecule has 0 saturated carbocycles. The van der Waals surface area contributed by atoms with Crippen LogP contribution in [-0.4, -0.2) is 50.1 Å². The Kier molecular flexibility index (Phi) is 10.1. The molecule has 6 nitrogen and oxygen atoms in total. The number of rotatable bonds is 12. The van der Waals surface area contributed by atoms with E-state index in [2.05, 4.69) is 5.32 Å². The molecule has 25 heavy (non-hydrogen) atoms. The van der Waals surface area contributed by atoms with Crippen molar-refractivity contribution in [2.24, 2.45) is 0 Å². The van der Waals surface area contributed by atoms with Crippen LogP contribution in [0.15, 0.2) is 24.3 Å². The van der Waals surface area contributed by atoms with E-state index in [1.165, 1.54) is 0 Å². The second-order valence-corrected chi connectivity index (χ2v) is 5.79. The zero-order valence-electron chi connectivity index (χ0n) is 15.5. The normalized spacial score (nSPS) is 10.2. The van der Waals surface area contributed by atoms with Crippen LogP contribution in [0.3, 0.4) is 0 Å². The molecule has 0 aliphatic heterocycles. The maximum atomic E-state index is 12.3. The third-order valence-electron chi connectivity index (χ3n) is 3.62. The Balaban J connectivity index is 2.34. The molecular formula is C19H30N2O4. The van der Waals surface area contributed by atoms with E-state index in [0.717, 1.165) is 24.3 Å². The summed E-state index contributed by atoms with van der Waals surface area (Å²) in [4.78, 5) is 25.8.